The minimum atomic E-state index is 0.261. The number of benzene rings is 1. The molecule has 0 aliphatic heterocycles. The molecule has 1 rings (SSSR count). The van der Waals surface area contributed by atoms with Crippen molar-refractivity contribution in [2.75, 3.05) is 26.7 Å². The lowest BCUT2D eigenvalue weighted by Crippen LogP contribution is -2.33. The van der Waals surface area contributed by atoms with Crippen LogP contribution < -0.4 is 10.5 Å². The molecule has 0 heterocycles. The minimum Gasteiger partial charge on any atom is -0.492 e. The van der Waals surface area contributed by atoms with Gasteiger partial charge in [0.25, 0.3) is 0 Å². The Balaban J connectivity index is 2.21. The summed E-state index contributed by atoms with van der Waals surface area (Å²) in [5.74, 6) is 1.33. The Morgan fingerprint density at radius 2 is 1.90 bits per heavy atom. The molecule has 1 aromatic rings. The normalized spacial score (nSPS) is 12.4. The van der Waals surface area contributed by atoms with Crippen LogP contribution in [0.4, 0.5) is 0 Å². The van der Waals surface area contributed by atoms with Crippen molar-refractivity contribution in [3.05, 3.63) is 29.8 Å². The van der Waals surface area contributed by atoms with Gasteiger partial charge in [0.05, 0.1) is 11.6 Å². The Morgan fingerprint density at radius 1 is 1.25 bits per heavy atom. The predicted octanol–water partition coefficient (Wildman–Crippen LogP) is 2.24. The number of hydrogen-bond acceptors (Lipinski definition) is 4. The topological polar surface area (TPSA) is 62.3 Å². The molecular formula is C16H25N3O. The van der Waals surface area contributed by atoms with E-state index in [-0.39, 0.29) is 6.04 Å². The Bertz CT molecular complexity index is 422. The van der Waals surface area contributed by atoms with Crippen LogP contribution in [0.1, 0.15) is 25.8 Å². The van der Waals surface area contributed by atoms with Crippen molar-refractivity contribution in [1.29, 1.82) is 5.26 Å². The summed E-state index contributed by atoms with van der Waals surface area (Å²) in [4.78, 5) is 2.23. The van der Waals surface area contributed by atoms with Gasteiger partial charge < -0.3 is 15.4 Å². The van der Waals surface area contributed by atoms with E-state index in [1.165, 1.54) is 0 Å². The van der Waals surface area contributed by atoms with Crippen molar-refractivity contribution < 1.29 is 4.74 Å². The molecule has 4 heteroatoms. The van der Waals surface area contributed by atoms with Crippen LogP contribution in [0.15, 0.2) is 24.3 Å². The van der Waals surface area contributed by atoms with Crippen LogP contribution in [0.5, 0.6) is 5.75 Å². The SMILES string of the molecule is CC(C)C(N)CCN(C)CCOc1ccc(C#N)cc1. The molecular weight excluding hydrogens is 250 g/mol. The molecule has 0 radical (unpaired) electrons. The van der Waals surface area contributed by atoms with Gasteiger partial charge >= 0.3 is 0 Å². The van der Waals surface area contributed by atoms with Gasteiger partial charge in [-0.2, -0.15) is 5.26 Å². The fraction of sp³-hybridized carbons (Fsp3) is 0.562. The molecule has 20 heavy (non-hydrogen) atoms. The summed E-state index contributed by atoms with van der Waals surface area (Å²) in [6.45, 7) is 6.79. The van der Waals surface area contributed by atoms with E-state index in [9.17, 15) is 0 Å². The van der Waals surface area contributed by atoms with Crippen LogP contribution >= 0.6 is 0 Å². The van der Waals surface area contributed by atoms with Gasteiger partial charge in [-0.25, -0.2) is 0 Å². The first-order valence-electron chi connectivity index (χ1n) is 7.10. The second kappa shape index (κ2) is 8.57. The van der Waals surface area contributed by atoms with Crippen LogP contribution in [-0.4, -0.2) is 37.7 Å². The molecule has 2 N–H and O–H groups in total. The number of nitriles is 1. The third kappa shape index (κ3) is 6.05. The van der Waals surface area contributed by atoms with E-state index in [0.717, 1.165) is 25.3 Å². The lowest BCUT2D eigenvalue weighted by atomic mass is 10.0. The molecule has 0 aliphatic carbocycles. The second-order valence-corrected chi connectivity index (χ2v) is 5.48. The lowest BCUT2D eigenvalue weighted by molar-refractivity contribution is 0.229. The highest BCUT2D eigenvalue weighted by atomic mass is 16.5. The number of hydrogen-bond donors (Lipinski definition) is 1. The zero-order chi connectivity index (χ0) is 15.0. The van der Waals surface area contributed by atoms with E-state index in [0.29, 0.717) is 18.1 Å². The minimum absolute atomic E-state index is 0.261. The number of rotatable bonds is 8. The molecule has 0 amide bonds. The smallest absolute Gasteiger partial charge is 0.119 e. The molecule has 0 fully saturated rings. The highest BCUT2D eigenvalue weighted by molar-refractivity contribution is 5.34. The van der Waals surface area contributed by atoms with E-state index < -0.39 is 0 Å². The fourth-order valence-corrected chi connectivity index (χ4v) is 1.76. The summed E-state index contributed by atoms with van der Waals surface area (Å²) < 4.78 is 5.65. The maximum atomic E-state index is 8.71. The number of likely N-dealkylation sites (N-methyl/N-ethyl adjacent to an activating group) is 1. The summed E-state index contributed by atoms with van der Waals surface area (Å²) in [6, 6.07) is 9.53. The molecule has 0 saturated carbocycles. The summed E-state index contributed by atoms with van der Waals surface area (Å²) in [5, 5.41) is 8.71. The average molecular weight is 275 g/mol. The molecule has 0 spiro atoms. The first kappa shape index (κ1) is 16.5. The highest BCUT2D eigenvalue weighted by Crippen LogP contribution is 2.11. The maximum Gasteiger partial charge on any atom is 0.119 e. The van der Waals surface area contributed by atoms with Crippen LogP contribution in [-0.2, 0) is 0 Å². The van der Waals surface area contributed by atoms with Crippen molar-refractivity contribution in [2.24, 2.45) is 11.7 Å². The van der Waals surface area contributed by atoms with E-state index in [2.05, 4.69) is 31.9 Å². The van der Waals surface area contributed by atoms with Gasteiger partial charge in [-0.1, -0.05) is 13.8 Å². The van der Waals surface area contributed by atoms with Crippen molar-refractivity contribution in [3.63, 3.8) is 0 Å². The number of ether oxygens (including phenoxy) is 1. The van der Waals surface area contributed by atoms with Gasteiger partial charge in [0.2, 0.25) is 0 Å². The Hall–Kier alpha value is -1.57. The van der Waals surface area contributed by atoms with Gasteiger partial charge in [0.1, 0.15) is 12.4 Å². The maximum absolute atomic E-state index is 8.71. The first-order chi connectivity index (χ1) is 9.52. The molecule has 0 aliphatic rings. The summed E-state index contributed by atoms with van der Waals surface area (Å²) in [7, 11) is 2.08. The van der Waals surface area contributed by atoms with Gasteiger partial charge in [0.15, 0.2) is 0 Å². The van der Waals surface area contributed by atoms with E-state index >= 15 is 0 Å². The lowest BCUT2D eigenvalue weighted by Gasteiger charge is -2.21. The van der Waals surface area contributed by atoms with Crippen LogP contribution in [0.25, 0.3) is 0 Å². The highest BCUT2D eigenvalue weighted by Gasteiger charge is 2.08. The molecule has 1 aromatic carbocycles. The van der Waals surface area contributed by atoms with E-state index in [4.69, 9.17) is 15.7 Å². The third-order valence-corrected chi connectivity index (χ3v) is 3.43. The van der Waals surface area contributed by atoms with Gasteiger partial charge in [-0.05, 0) is 50.2 Å². The molecule has 1 atom stereocenters. The Labute approximate surface area is 122 Å². The molecule has 4 nitrogen and oxygen atoms in total. The van der Waals surface area contributed by atoms with E-state index in [1.54, 1.807) is 12.1 Å². The van der Waals surface area contributed by atoms with Crippen LogP contribution in [0.2, 0.25) is 0 Å². The first-order valence-corrected chi connectivity index (χ1v) is 7.10. The summed E-state index contributed by atoms with van der Waals surface area (Å²) in [6.07, 6.45) is 1.00. The standard InChI is InChI=1S/C16H25N3O/c1-13(2)16(18)8-9-19(3)10-11-20-15-6-4-14(12-17)5-7-15/h4-7,13,16H,8-11,18H2,1-3H3. The van der Waals surface area contributed by atoms with Crippen molar-refractivity contribution in [3.8, 4) is 11.8 Å². The van der Waals surface area contributed by atoms with Crippen molar-refractivity contribution in [2.45, 2.75) is 26.3 Å². The quantitative estimate of drug-likeness (QED) is 0.790. The fourth-order valence-electron chi connectivity index (χ4n) is 1.76. The number of nitrogens with zero attached hydrogens (tertiary/aromatic N) is 2. The largest absolute Gasteiger partial charge is 0.492 e. The third-order valence-electron chi connectivity index (χ3n) is 3.43. The summed E-state index contributed by atoms with van der Waals surface area (Å²) >= 11 is 0. The zero-order valence-corrected chi connectivity index (χ0v) is 12.7. The second-order valence-electron chi connectivity index (χ2n) is 5.48. The van der Waals surface area contributed by atoms with Crippen LogP contribution in [0.3, 0.4) is 0 Å². The summed E-state index contributed by atoms with van der Waals surface area (Å²) in [5.41, 5.74) is 6.68. The molecule has 1 unspecified atom stereocenters. The Kier molecular flexibility index (Phi) is 7.06. The van der Waals surface area contributed by atoms with E-state index in [1.807, 2.05) is 12.1 Å². The zero-order valence-electron chi connectivity index (χ0n) is 12.7. The van der Waals surface area contributed by atoms with Gasteiger partial charge in [-0.15, -0.1) is 0 Å². The molecule has 110 valence electrons. The van der Waals surface area contributed by atoms with Gasteiger partial charge in [0, 0.05) is 12.6 Å². The molecule has 0 aromatic heterocycles. The average Bonchev–Trinajstić information content (AvgIpc) is 2.45. The molecule has 0 saturated heterocycles. The van der Waals surface area contributed by atoms with Crippen LogP contribution in [0, 0.1) is 17.2 Å². The van der Waals surface area contributed by atoms with Crippen molar-refractivity contribution >= 4 is 0 Å². The Morgan fingerprint density at radius 3 is 2.45 bits per heavy atom. The predicted molar refractivity (Wildman–Crippen MR) is 81.6 cm³/mol. The molecule has 0 bridgehead atoms. The number of nitrogens with two attached hydrogens (primary N) is 1. The monoisotopic (exact) mass is 275 g/mol. The van der Waals surface area contributed by atoms with Gasteiger partial charge in [-0.3, -0.25) is 0 Å². The van der Waals surface area contributed by atoms with Crippen molar-refractivity contribution in [1.82, 2.24) is 4.90 Å².